The van der Waals surface area contributed by atoms with Gasteiger partial charge in [-0.3, -0.25) is 0 Å². The second kappa shape index (κ2) is 1.19. The van der Waals surface area contributed by atoms with Crippen molar-refractivity contribution >= 4 is 0 Å². The molecule has 0 aromatic heterocycles. The molecule has 3 heteroatoms. The third kappa shape index (κ3) is 0.581. The Labute approximate surface area is 41.5 Å². The molecule has 2 N–H and O–H groups in total. The maximum atomic E-state index is 8.18. The topological polar surface area (TPSA) is 56.0 Å². The van der Waals surface area contributed by atoms with E-state index in [1.807, 2.05) is 11.5 Å². The summed E-state index contributed by atoms with van der Waals surface area (Å²) >= 11 is 0. The molecule has 0 aromatic carbocycles. The second-order valence-electron chi connectivity index (χ2n) is 1.81. The van der Waals surface area contributed by atoms with Crippen LogP contribution in [0.1, 0.15) is 12.8 Å². The molecule has 1 aliphatic rings. The monoisotopic (exact) mass is 98.0 g/mol. The SMILES string of the molecule is N#CC1(NO)CC1. The Morgan fingerprint density at radius 2 is 2.29 bits per heavy atom. The van der Waals surface area contributed by atoms with Crippen LogP contribution < -0.4 is 5.48 Å². The van der Waals surface area contributed by atoms with Gasteiger partial charge in [0, 0.05) is 0 Å². The summed E-state index contributed by atoms with van der Waals surface area (Å²) in [7, 11) is 0. The summed E-state index contributed by atoms with van der Waals surface area (Å²) in [5, 5.41) is 16.4. The highest BCUT2D eigenvalue weighted by atomic mass is 16.5. The van der Waals surface area contributed by atoms with Gasteiger partial charge in [0.15, 0.2) is 0 Å². The second-order valence-corrected chi connectivity index (χ2v) is 1.81. The average molecular weight is 98.1 g/mol. The summed E-state index contributed by atoms with van der Waals surface area (Å²) < 4.78 is 0. The molecule has 0 heterocycles. The van der Waals surface area contributed by atoms with Gasteiger partial charge in [0.05, 0.1) is 6.07 Å². The smallest absolute Gasteiger partial charge is 0.129 e. The zero-order valence-electron chi connectivity index (χ0n) is 3.81. The quantitative estimate of drug-likeness (QED) is 0.454. The molecule has 1 fully saturated rings. The molecule has 1 aliphatic carbocycles. The van der Waals surface area contributed by atoms with Crippen LogP contribution in [-0.2, 0) is 0 Å². The number of nitrogens with one attached hydrogen (secondary N) is 1. The van der Waals surface area contributed by atoms with Crippen molar-refractivity contribution in [2.45, 2.75) is 18.4 Å². The van der Waals surface area contributed by atoms with Crippen LogP contribution in [0, 0.1) is 11.3 Å². The predicted octanol–water partition coefficient (Wildman–Crippen LogP) is 0.0214. The van der Waals surface area contributed by atoms with Crippen LogP contribution in [0.3, 0.4) is 0 Å². The minimum absolute atomic E-state index is 0.556. The first-order valence-electron chi connectivity index (χ1n) is 2.15. The highest BCUT2D eigenvalue weighted by Crippen LogP contribution is 2.33. The van der Waals surface area contributed by atoms with Crippen molar-refractivity contribution in [2.24, 2.45) is 0 Å². The fraction of sp³-hybridized carbons (Fsp3) is 0.750. The fourth-order valence-electron chi connectivity index (χ4n) is 0.374. The lowest BCUT2D eigenvalue weighted by Gasteiger charge is -1.95. The number of hydroxylamine groups is 1. The van der Waals surface area contributed by atoms with Crippen LogP contribution in [0.15, 0.2) is 0 Å². The van der Waals surface area contributed by atoms with E-state index in [4.69, 9.17) is 10.5 Å². The molecule has 0 atom stereocenters. The maximum absolute atomic E-state index is 8.18. The van der Waals surface area contributed by atoms with Gasteiger partial charge in [-0.1, -0.05) is 0 Å². The number of hydrogen-bond acceptors (Lipinski definition) is 3. The molecule has 3 nitrogen and oxygen atoms in total. The van der Waals surface area contributed by atoms with Gasteiger partial charge in [0.25, 0.3) is 0 Å². The molecule has 0 radical (unpaired) electrons. The maximum Gasteiger partial charge on any atom is 0.129 e. The van der Waals surface area contributed by atoms with Crippen LogP contribution in [0.4, 0.5) is 0 Å². The van der Waals surface area contributed by atoms with Gasteiger partial charge in [-0.05, 0) is 12.8 Å². The fourth-order valence-corrected chi connectivity index (χ4v) is 0.374. The van der Waals surface area contributed by atoms with E-state index in [-0.39, 0.29) is 0 Å². The van der Waals surface area contributed by atoms with E-state index in [2.05, 4.69) is 0 Å². The Hall–Kier alpha value is -0.590. The van der Waals surface area contributed by atoms with Crippen molar-refractivity contribution < 1.29 is 5.21 Å². The minimum atomic E-state index is -0.556. The molecule has 1 rings (SSSR count). The van der Waals surface area contributed by atoms with Crippen LogP contribution >= 0.6 is 0 Å². The first-order chi connectivity index (χ1) is 3.33. The zero-order chi connectivity index (χ0) is 5.33. The summed E-state index contributed by atoms with van der Waals surface area (Å²) in [4.78, 5) is 0. The summed E-state index contributed by atoms with van der Waals surface area (Å²) in [5.41, 5.74) is 1.39. The van der Waals surface area contributed by atoms with E-state index >= 15 is 0 Å². The van der Waals surface area contributed by atoms with Crippen LogP contribution in [0.5, 0.6) is 0 Å². The first kappa shape index (κ1) is 4.57. The molecule has 0 unspecified atom stereocenters. The molecule has 0 amide bonds. The Kier molecular flexibility index (Phi) is 0.775. The Morgan fingerprint density at radius 3 is 2.29 bits per heavy atom. The highest BCUT2D eigenvalue weighted by Gasteiger charge is 2.42. The van der Waals surface area contributed by atoms with E-state index in [9.17, 15) is 0 Å². The van der Waals surface area contributed by atoms with Gasteiger partial charge >= 0.3 is 0 Å². The lowest BCUT2D eigenvalue weighted by Crippen LogP contribution is -2.25. The Morgan fingerprint density at radius 1 is 1.71 bits per heavy atom. The largest absolute Gasteiger partial charge is 0.315 e. The van der Waals surface area contributed by atoms with E-state index in [0.717, 1.165) is 12.8 Å². The molecule has 0 aromatic rings. The molecule has 0 saturated heterocycles. The van der Waals surface area contributed by atoms with Gasteiger partial charge in [-0.15, -0.1) is 0 Å². The van der Waals surface area contributed by atoms with Gasteiger partial charge < -0.3 is 5.21 Å². The summed E-state index contributed by atoms with van der Waals surface area (Å²) in [5.74, 6) is 0. The molecular formula is C4H6N2O. The molecule has 1 saturated carbocycles. The van der Waals surface area contributed by atoms with E-state index in [1.165, 1.54) is 0 Å². The molecular weight excluding hydrogens is 92.1 g/mol. The molecule has 38 valence electrons. The third-order valence-electron chi connectivity index (χ3n) is 1.18. The van der Waals surface area contributed by atoms with Gasteiger partial charge in [0.2, 0.25) is 0 Å². The molecule has 0 bridgehead atoms. The van der Waals surface area contributed by atoms with Crippen molar-refractivity contribution in [3.8, 4) is 6.07 Å². The van der Waals surface area contributed by atoms with Crippen molar-refractivity contribution in [3.05, 3.63) is 0 Å². The lowest BCUT2D eigenvalue weighted by atomic mass is 10.3. The average Bonchev–Trinajstić information content (AvgIpc) is 2.46. The normalized spacial score (nSPS) is 23.4. The van der Waals surface area contributed by atoms with Gasteiger partial charge in [-0.25, -0.2) is 0 Å². The van der Waals surface area contributed by atoms with Crippen molar-refractivity contribution in [2.75, 3.05) is 0 Å². The minimum Gasteiger partial charge on any atom is -0.315 e. The number of rotatable bonds is 1. The predicted molar refractivity (Wildman–Crippen MR) is 22.5 cm³/mol. The van der Waals surface area contributed by atoms with E-state index in [0.29, 0.717) is 0 Å². The first-order valence-corrected chi connectivity index (χ1v) is 2.15. The van der Waals surface area contributed by atoms with Crippen molar-refractivity contribution in [1.29, 1.82) is 5.26 Å². The molecule has 7 heavy (non-hydrogen) atoms. The van der Waals surface area contributed by atoms with Crippen molar-refractivity contribution in [1.82, 2.24) is 5.48 Å². The molecule has 0 spiro atoms. The lowest BCUT2D eigenvalue weighted by molar-refractivity contribution is 0.137. The summed E-state index contributed by atoms with van der Waals surface area (Å²) in [6, 6.07) is 1.94. The third-order valence-corrected chi connectivity index (χ3v) is 1.18. The van der Waals surface area contributed by atoms with E-state index < -0.39 is 5.54 Å². The van der Waals surface area contributed by atoms with Crippen molar-refractivity contribution in [3.63, 3.8) is 0 Å². The van der Waals surface area contributed by atoms with Crippen LogP contribution in [0.2, 0.25) is 0 Å². The van der Waals surface area contributed by atoms with Crippen LogP contribution in [-0.4, -0.2) is 10.7 Å². The Balaban J connectivity index is 2.47. The standard InChI is InChI=1S/C4H6N2O/c5-3-4(6-7)1-2-4/h6-7H,1-2H2. The van der Waals surface area contributed by atoms with Crippen LogP contribution in [0.25, 0.3) is 0 Å². The summed E-state index contributed by atoms with van der Waals surface area (Å²) in [6.45, 7) is 0. The zero-order valence-corrected chi connectivity index (χ0v) is 3.81. The van der Waals surface area contributed by atoms with E-state index in [1.54, 1.807) is 0 Å². The Bertz CT molecular complexity index is 111. The number of nitriles is 1. The molecule has 0 aliphatic heterocycles. The summed E-state index contributed by atoms with van der Waals surface area (Å²) in [6.07, 6.45) is 1.56. The van der Waals surface area contributed by atoms with Gasteiger partial charge in [0.1, 0.15) is 5.54 Å². The van der Waals surface area contributed by atoms with Gasteiger partial charge in [-0.2, -0.15) is 10.7 Å². The number of nitrogens with zero attached hydrogens (tertiary/aromatic N) is 1. The highest BCUT2D eigenvalue weighted by molar-refractivity contribution is 5.16. The number of hydrogen-bond donors (Lipinski definition) is 2.